The molecule has 1 amide bonds. The Labute approximate surface area is 285 Å². The SMILES string of the molecule is CCCCCCCCCC/C=C\CCCCCCCC(O)CC(=O)NC(CO)C(O)/C=C/CC/C=C/CCCCCCCCCC. The van der Waals surface area contributed by atoms with Gasteiger partial charge in [-0.05, 0) is 57.8 Å². The Kier molecular flexibility index (Phi) is 35.3. The van der Waals surface area contributed by atoms with Crippen LogP contribution in [0.2, 0.25) is 0 Å². The zero-order valence-electron chi connectivity index (χ0n) is 30.5. The van der Waals surface area contributed by atoms with Crippen LogP contribution in [0.25, 0.3) is 0 Å². The van der Waals surface area contributed by atoms with E-state index in [0.29, 0.717) is 6.42 Å². The van der Waals surface area contributed by atoms with Gasteiger partial charge in [-0.2, -0.15) is 0 Å². The molecule has 0 spiro atoms. The number of aliphatic hydroxyl groups is 3. The summed E-state index contributed by atoms with van der Waals surface area (Å²) in [6.45, 7) is 4.18. The molecule has 0 rings (SSSR count). The highest BCUT2D eigenvalue weighted by molar-refractivity contribution is 5.76. The molecule has 3 unspecified atom stereocenters. The first kappa shape index (κ1) is 44.6. The quantitative estimate of drug-likeness (QED) is 0.0407. The summed E-state index contributed by atoms with van der Waals surface area (Å²) in [7, 11) is 0. The molecule has 5 heteroatoms. The van der Waals surface area contributed by atoms with Gasteiger partial charge in [0.2, 0.25) is 5.91 Å². The number of hydrogen-bond acceptors (Lipinski definition) is 4. The summed E-state index contributed by atoms with van der Waals surface area (Å²) in [5.74, 6) is -0.332. The van der Waals surface area contributed by atoms with Gasteiger partial charge in [-0.1, -0.05) is 166 Å². The summed E-state index contributed by atoms with van der Waals surface area (Å²) in [4.78, 5) is 12.4. The second-order valence-corrected chi connectivity index (χ2v) is 13.5. The van der Waals surface area contributed by atoms with E-state index < -0.39 is 18.2 Å². The highest BCUT2D eigenvalue weighted by atomic mass is 16.3. The normalized spacial score (nSPS) is 14.1. The standard InChI is InChI=1S/C41H77NO4/c1-3-5-7-9-11-13-15-17-19-20-21-22-24-26-28-30-32-34-38(44)36-41(46)42-39(37-43)40(45)35-33-31-29-27-25-23-18-16-14-12-10-8-6-4-2/h20-21,25,27,33,35,38-40,43-45H,3-19,22-24,26,28-32,34,36-37H2,1-2H3,(H,42,46)/b21-20-,27-25+,35-33+. The molecule has 46 heavy (non-hydrogen) atoms. The van der Waals surface area contributed by atoms with E-state index in [1.165, 1.54) is 122 Å². The van der Waals surface area contributed by atoms with Gasteiger partial charge in [-0.25, -0.2) is 0 Å². The fourth-order valence-corrected chi connectivity index (χ4v) is 5.82. The Morgan fingerprint density at radius 1 is 0.543 bits per heavy atom. The number of rotatable bonds is 35. The van der Waals surface area contributed by atoms with Crippen molar-refractivity contribution in [2.45, 2.75) is 212 Å². The van der Waals surface area contributed by atoms with E-state index in [1.54, 1.807) is 6.08 Å². The summed E-state index contributed by atoms with van der Waals surface area (Å²) < 4.78 is 0. The lowest BCUT2D eigenvalue weighted by molar-refractivity contribution is -0.124. The number of unbranched alkanes of at least 4 members (excludes halogenated alkanes) is 22. The minimum Gasteiger partial charge on any atom is -0.394 e. The van der Waals surface area contributed by atoms with Gasteiger partial charge in [0.25, 0.3) is 0 Å². The second kappa shape index (κ2) is 36.4. The van der Waals surface area contributed by atoms with Gasteiger partial charge in [0.15, 0.2) is 0 Å². The molecule has 0 aromatic heterocycles. The molecule has 0 aromatic carbocycles. The predicted molar refractivity (Wildman–Crippen MR) is 199 cm³/mol. The molecule has 0 aromatic rings. The van der Waals surface area contributed by atoms with E-state index in [4.69, 9.17) is 0 Å². The van der Waals surface area contributed by atoms with Crippen LogP contribution in [0.3, 0.4) is 0 Å². The van der Waals surface area contributed by atoms with Crippen LogP contribution in [0.5, 0.6) is 0 Å². The Bertz CT molecular complexity index is 719. The maximum atomic E-state index is 12.4. The molecule has 0 heterocycles. The molecule has 0 aliphatic carbocycles. The zero-order chi connectivity index (χ0) is 33.8. The summed E-state index contributed by atoms with van der Waals surface area (Å²) in [5, 5.41) is 33.1. The minimum atomic E-state index is -0.952. The molecular weight excluding hydrogens is 570 g/mol. The molecule has 0 aliphatic rings. The van der Waals surface area contributed by atoms with E-state index in [2.05, 4.69) is 43.5 Å². The van der Waals surface area contributed by atoms with Gasteiger partial charge < -0.3 is 20.6 Å². The van der Waals surface area contributed by atoms with Crippen LogP contribution in [0.1, 0.15) is 194 Å². The van der Waals surface area contributed by atoms with Crippen LogP contribution in [0.4, 0.5) is 0 Å². The Balaban J connectivity index is 3.76. The first-order valence-corrected chi connectivity index (χ1v) is 19.8. The predicted octanol–water partition coefficient (Wildman–Crippen LogP) is 10.8. The van der Waals surface area contributed by atoms with Crippen LogP contribution in [-0.4, -0.2) is 46.1 Å². The topological polar surface area (TPSA) is 89.8 Å². The average molecular weight is 648 g/mol. The van der Waals surface area contributed by atoms with E-state index in [0.717, 1.165) is 44.9 Å². The van der Waals surface area contributed by atoms with Crippen LogP contribution < -0.4 is 5.32 Å². The van der Waals surface area contributed by atoms with E-state index in [-0.39, 0.29) is 18.9 Å². The summed E-state index contributed by atoms with van der Waals surface area (Å²) >= 11 is 0. The maximum absolute atomic E-state index is 12.4. The molecule has 0 saturated carbocycles. The number of allylic oxidation sites excluding steroid dienone is 5. The van der Waals surface area contributed by atoms with Crippen molar-refractivity contribution >= 4 is 5.91 Å². The van der Waals surface area contributed by atoms with Gasteiger partial charge in [0.05, 0.1) is 31.3 Å². The first-order valence-electron chi connectivity index (χ1n) is 19.8. The monoisotopic (exact) mass is 648 g/mol. The molecule has 0 bridgehead atoms. The number of carbonyl (C=O) groups excluding carboxylic acids is 1. The highest BCUT2D eigenvalue weighted by Crippen LogP contribution is 2.13. The summed E-state index contributed by atoms with van der Waals surface area (Å²) in [6.07, 6.45) is 44.1. The van der Waals surface area contributed by atoms with Crippen molar-refractivity contribution in [1.82, 2.24) is 5.32 Å². The van der Waals surface area contributed by atoms with Crippen molar-refractivity contribution in [3.63, 3.8) is 0 Å². The molecule has 0 aliphatic heterocycles. The van der Waals surface area contributed by atoms with Gasteiger partial charge in [-0.3, -0.25) is 4.79 Å². The first-order chi connectivity index (χ1) is 22.5. The van der Waals surface area contributed by atoms with Crippen LogP contribution in [0, 0.1) is 0 Å². The van der Waals surface area contributed by atoms with Gasteiger partial charge in [0, 0.05) is 0 Å². The number of nitrogens with one attached hydrogen (secondary N) is 1. The maximum Gasteiger partial charge on any atom is 0.222 e. The fraction of sp³-hybridized carbons (Fsp3) is 0.829. The lowest BCUT2D eigenvalue weighted by atomic mass is 10.0. The molecule has 0 saturated heterocycles. The number of hydrogen-bond donors (Lipinski definition) is 4. The van der Waals surface area contributed by atoms with Crippen molar-refractivity contribution in [3.8, 4) is 0 Å². The Hall–Kier alpha value is -1.43. The van der Waals surface area contributed by atoms with Crippen molar-refractivity contribution in [3.05, 3.63) is 36.5 Å². The lowest BCUT2D eigenvalue weighted by Gasteiger charge is -2.20. The smallest absolute Gasteiger partial charge is 0.222 e. The van der Waals surface area contributed by atoms with Gasteiger partial charge in [-0.15, -0.1) is 0 Å². The molecule has 5 nitrogen and oxygen atoms in total. The molecule has 4 N–H and O–H groups in total. The zero-order valence-corrected chi connectivity index (χ0v) is 30.5. The van der Waals surface area contributed by atoms with Crippen LogP contribution in [0.15, 0.2) is 36.5 Å². The third kappa shape index (κ3) is 32.5. The third-order valence-electron chi connectivity index (χ3n) is 8.90. The average Bonchev–Trinajstić information content (AvgIpc) is 3.05. The lowest BCUT2D eigenvalue weighted by Crippen LogP contribution is -2.45. The Morgan fingerprint density at radius 3 is 1.39 bits per heavy atom. The van der Waals surface area contributed by atoms with E-state index in [9.17, 15) is 20.1 Å². The molecule has 270 valence electrons. The van der Waals surface area contributed by atoms with Crippen LogP contribution in [-0.2, 0) is 4.79 Å². The summed E-state index contributed by atoms with van der Waals surface area (Å²) in [5.41, 5.74) is 0. The minimum absolute atomic E-state index is 0.000236. The Morgan fingerprint density at radius 2 is 0.935 bits per heavy atom. The molecule has 0 radical (unpaired) electrons. The number of aliphatic hydroxyl groups excluding tert-OH is 3. The third-order valence-corrected chi connectivity index (χ3v) is 8.90. The van der Waals surface area contributed by atoms with E-state index in [1.807, 2.05) is 6.08 Å². The highest BCUT2D eigenvalue weighted by Gasteiger charge is 2.20. The largest absolute Gasteiger partial charge is 0.394 e. The molecule has 3 atom stereocenters. The molecular formula is C41H77NO4. The molecule has 0 fully saturated rings. The van der Waals surface area contributed by atoms with Gasteiger partial charge in [0.1, 0.15) is 0 Å². The van der Waals surface area contributed by atoms with Crippen molar-refractivity contribution in [2.24, 2.45) is 0 Å². The van der Waals surface area contributed by atoms with Gasteiger partial charge >= 0.3 is 0 Å². The number of amides is 1. The fourth-order valence-electron chi connectivity index (χ4n) is 5.82. The van der Waals surface area contributed by atoms with E-state index >= 15 is 0 Å². The summed E-state index contributed by atoms with van der Waals surface area (Å²) in [6, 6.07) is -0.761. The van der Waals surface area contributed by atoms with Crippen molar-refractivity contribution in [1.29, 1.82) is 0 Å². The second-order valence-electron chi connectivity index (χ2n) is 13.5. The number of carbonyl (C=O) groups is 1. The van der Waals surface area contributed by atoms with Crippen LogP contribution >= 0.6 is 0 Å². The van der Waals surface area contributed by atoms with Crippen molar-refractivity contribution in [2.75, 3.05) is 6.61 Å². The van der Waals surface area contributed by atoms with Crippen molar-refractivity contribution < 1.29 is 20.1 Å².